The van der Waals surface area contributed by atoms with Gasteiger partial charge in [-0.3, -0.25) is 0 Å². The lowest BCUT2D eigenvalue weighted by Crippen LogP contribution is -2.41. The standard InChI is InChI=1S/C44H32O2P2/c1-5-18-32(19-6-1)47(33-20-7-2-8-21-33)39-30-29-31-17-13-14-26-36(31)40(39)43-38-28-16-15-27-37(38)41-42(45-41)44(43,46-43)48(34-22-9-3-10-23-34)35-24-11-4-12-25-35/h1-30,41-42H/t41-,42?,43?,44?/m0/s1. The Morgan fingerprint density at radius 2 is 1.00 bits per heavy atom. The number of epoxide rings is 2. The van der Waals surface area contributed by atoms with Crippen molar-refractivity contribution in [2.45, 2.75) is 23.2 Å². The SMILES string of the molecule is c1ccc(P(c2ccccc2)c2ccc3ccccc3c2C23OC2(P(c2ccccc2)c2ccccc2)C2O[C@H]2c2ccccc23)cc1. The van der Waals surface area contributed by atoms with Crippen LogP contribution in [-0.2, 0) is 15.1 Å². The lowest BCUT2D eigenvalue weighted by Gasteiger charge is -2.34. The Morgan fingerprint density at radius 3 is 1.62 bits per heavy atom. The lowest BCUT2D eigenvalue weighted by atomic mass is 9.76. The zero-order chi connectivity index (χ0) is 31.7. The molecule has 0 N–H and O–H groups in total. The maximum absolute atomic E-state index is 7.78. The zero-order valence-electron chi connectivity index (χ0n) is 26.2. The van der Waals surface area contributed by atoms with Crippen LogP contribution < -0.4 is 26.5 Å². The number of benzene rings is 7. The largest absolute Gasteiger partial charge is 0.361 e. The van der Waals surface area contributed by atoms with Gasteiger partial charge in [-0.25, -0.2) is 0 Å². The van der Waals surface area contributed by atoms with E-state index in [4.69, 9.17) is 9.47 Å². The highest BCUT2D eigenvalue weighted by Gasteiger charge is 2.87. The van der Waals surface area contributed by atoms with E-state index in [1.54, 1.807) is 0 Å². The number of hydrogen-bond donors (Lipinski definition) is 0. The van der Waals surface area contributed by atoms with Crippen LogP contribution in [-0.4, -0.2) is 11.4 Å². The predicted molar refractivity (Wildman–Crippen MR) is 200 cm³/mol. The predicted octanol–water partition coefficient (Wildman–Crippen LogP) is 8.15. The van der Waals surface area contributed by atoms with E-state index in [0.717, 1.165) is 0 Å². The van der Waals surface area contributed by atoms with Crippen LogP contribution >= 0.6 is 15.8 Å². The third-order valence-electron chi connectivity index (χ3n) is 10.2. The van der Waals surface area contributed by atoms with Crippen LogP contribution in [0, 0.1) is 0 Å². The van der Waals surface area contributed by atoms with Crippen molar-refractivity contribution in [1.29, 1.82) is 0 Å². The van der Waals surface area contributed by atoms with E-state index in [9.17, 15) is 0 Å². The molecule has 4 heteroatoms. The van der Waals surface area contributed by atoms with Crippen molar-refractivity contribution in [2.24, 2.45) is 0 Å². The molecule has 2 aliphatic heterocycles. The second-order valence-corrected chi connectivity index (χ2v) is 17.3. The van der Waals surface area contributed by atoms with Gasteiger partial charge < -0.3 is 9.47 Å². The highest BCUT2D eigenvalue weighted by atomic mass is 31.1. The molecular weight excluding hydrogens is 622 g/mol. The van der Waals surface area contributed by atoms with E-state index in [-0.39, 0.29) is 12.2 Å². The summed E-state index contributed by atoms with van der Waals surface area (Å²) in [6.07, 6.45) is -0.0251. The summed E-state index contributed by atoms with van der Waals surface area (Å²) in [4.78, 5) is 0. The van der Waals surface area contributed by atoms with E-state index >= 15 is 0 Å². The average molecular weight is 655 g/mol. The van der Waals surface area contributed by atoms with Crippen molar-refractivity contribution in [2.75, 3.05) is 0 Å². The van der Waals surface area contributed by atoms with E-state index in [1.165, 1.54) is 54.0 Å². The van der Waals surface area contributed by atoms with Gasteiger partial charge in [-0.1, -0.05) is 182 Å². The van der Waals surface area contributed by atoms with Gasteiger partial charge in [-0.05, 0) is 64.3 Å². The second kappa shape index (κ2) is 11.1. The Hall–Kier alpha value is -4.42. The van der Waals surface area contributed by atoms with Gasteiger partial charge in [0.15, 0.2) is 10.9 Å². The summed E-state index contributed by atoms with van der Waals surface area (Å²) in [5, 5.41) is 8.51. The maximum Gasteiger partial charge on any atom is 0.163 e. The lowest BCUT2D eigenvalue weighted by molar-refractivity contribution is 0.273. The topological polar surface area (TPSA) is 25.1 Å². The summed E-state index contributed by atoms with van der Waals surface area (Å²) in [5.41, 5.74) is 3.09. The van der Waals surface area contributed by atoms with Crippen LogP contribution in [0.5, 0.6) is 0 Å². The van der Waals surface area contributed by atoms with Gasteiger partial charge in [0.1, 0.15) is 12.2 Å². The quantitative estimate of drug-likeness (QED) is 0.128. The first kappa shape index (κ1) is 28.6. The van der Waals surface area contributed by atoms with Crippen LogP contribution in [0.25, 0.3) is 10.8 Å². The Labute approximate surface area is 283 Å². The van der Waals surface area contributed by atoms with E-state index in [0.29, 0.717) is 0 Å². The fourth-order valence-corrected chi connectivity index (χ4v) is 14.0. The van der Waals surface area contributed by atoms with Gasteiger partial charge in [0.05, 0.1) is 0 Å². The molecule has 0 bridgehead atoms. The summed E-state index contributed by atoms with van der Waals surface area (Å²) in [5.74, 6) is 0. The van der Waals surface area contributed by atoms with Crippen molar-refractivity contribution in [3.05, 3.63) is 199 Å². The monoisotopic (exact) mass is 654 g/mol. The fourth-order valence-electron chi connectivity index (χ4n) is 8.21. The Bertz CT molecular complexity index is 2200. The number of rotatable bonds is 7. The van der Waals surface area contributed by atoms with Crippen LogP contribution in [0.2, 0.25) is 0 Å². The molecule has 0 spiro atoms. The molecule has 3 aliphatic rings. The van der Waals surface area contributed by atoms with Crippen molar-refractivity contribution in [3.8, 4) is 0 Å². The summed E-state index contributed by atoms with van der Waals surface area (Å²) in [6, 6.07) is 66.8. The summed E-state index contributed by atoms with van der Waals surface area (Å²) < 4.78 is 14.6. The van der Waals surface area contributed by atoms with Crippen LogP contribution in [0.3, 0.4) is 0 Å². The first-order valence-electron chi connectivity index (χ1n) is 16.6. The molecule has 7 aromatic rings. The first-order valence-corrected chi connectivity index (χ1v) is 19.3. The van der Waals surface area contributed by atoms with Crippen molar-refractivity contribution >= 4 is 53.1 Å². The van der Waals surface area contributed by atoms with Crippen molar-refractivity contribution in [3.63, 3.8) is 0 Å². The molecule has 0 saturated carbocycles. The van der Waals surface area contributed by atoms with E-state index < -0.39 is 26.8 Å². The minimum atomic E-state index is -1.01. The van der Waals surface area contributed by atoms with E-state index in [2.05, 4.69) is 182 Å². The van der Waals surface area contributed by atoms with Gasteiger partial charge in [-0.15, -0.1) is 0 Å². The molecule has 2 nitrogen and oxygen atoms in total. The molecule has 1 aliphatic carbocycles. The van der Waals surface area contributed by atoms with Gasteiger partial charge in [-0.2, -0.15) is 0 Å². The Kier molecular flexibility index (Phi) is 6.59. The van der Waals surface area contributed by atoms with Crippen LogP contribution in [0.1, 0.15) is 22.8 Å². The van der Waals surface area contributed by atoms with Crippen molar-refractivity contribution < 1.29 is 9.47 Å². The second-order valence-electron chi connectivity index (χ2n) is 12.7. The number of ether oxygens (including phenoxy) is 2. The zero-order valence-corrected chi connectivity index (χ0v) is 28.0. The summed E-state index contributed by atoms with van der Waals surface area (Å²) in [6.45, 7) is 0. The summed E-state index contributed by atoms with van der Waals surface area (Å²) >= 11 is 0. The van der Waals surface area contributed by atoms with Gasteiger partial charge in [0.2, 0.25) is 0 Å². The van der Waals surface area contributed by atoms with Gasteiger partial charge in [0, 0.05) is 5.56 Å². The molecule has 0 radical (unpaired) electrons. The molecular formula is C44H32O2P2. The van der Waals surface area contributed by atoms with Crippen LogP contribution in [0.15, 0.2) is 182 Å². The molecule has 4 atom stereocenters. The molecule has 10 rings (SSSR count). The molecule has 48 heavy (non-hydrogen) atoms. The molecule has 230 valence electrons. The minimum absolute atomic E-state index is 0.0254. The minimum Gasteiger partial charge on any atom is -0.361 e. The third kappa shape index (κ3) is 4.08. The van der Waals surface area contributed by atoms with E-state index in [1.807, 2.05) is 0 Å². The molecule has 2 heterocycles. The Balaban J connectivity index is 1.33. The highest BCUT2D eigenvalue weighted by Crippen LogP contribution is 2.83. The summed E-state index contributed by atoms with van der Waals surface area (Å²) in [7, 11) is -1.93. The normalized spacial score (nSPS) is 23.4. The fraction of sp³-hybridized carbons (Fsp3) is 0.0909. The molecule has 3 unspecified atom stereocenters. The molecule has 7 aromatic carbocycles. The van der Waals surface area contributed by atoms with Crippen molar-refractivity contribution in [1.82, 2.24) is 0 Å². The first-order chi connectivity index (χ1) is 23.8. The maximum atomic E-state index is 7.78. The average Bonchev–Trinajstić information content (AvgIpc) is 4.09. The van der Waals surface area contributed by atoms with Crippen LogP contribution in [0.4, 0.5) is 0 Å². The number of hydrogen-bond acceptors (Lipinski definition) is 2. The molecule has 2 fully saturated rings. The molecule has 0 amide bonds. The smallest absolute Gasteiger partial charge is 0.163 e. The third-order valence-corrected chi connectivity index (χ3v) is 15.6. The molecule has 2 saturated heterocycles. The van der Waals surface area contributed by atoms with Gasteiger partial charge in [0.25, 0.3) is 0 Å². The number of fused-ring (bicyclic) bond motifs is 7. The highest BCUT2D eigenvalue weighted by molar-refractivity contribution is 7.80. The molecule has 0 aromatic heterocycles. The Morgan fingerprint density at radius 1 is 0.479 bits per heavy atom. The van der Waals surface area contributed by atoms with Gasteiger partial charge >= 0.3 is 0 Å².